The van der Waals surface area contributed by atoms with Gasteiger partial charge in [-0.3, -0.25) is 9.79 Å². The van der Waals surface area contributed by atoms with Gasteiger partial charge in [0.15, 0.2) is 5.96 Å². The Kier molecular flexibility index (Phi) is 7.40. The fourth-order valence-electron chi connectivity index (χ4n) is 2.68. The summed E-state index contributed by atoms with van der Waals surface area (Å²) >= 11 is 0. The van der Waals surface area contributed by atoms with Crippen LogP contribution in [0.2, 0.25) is 0 Å². The first-order valence-electron chi connectivity index (χ1n) is 8.48. The number of guanidine groups is 1. The molecule has 26 heavy (non-hydrogen) atoms. The van der Waals surface area contributed by atoms with E-state index in [1.165, 1.54) is 6.26 Å². The van der Waals surface area contributed by atoms with Crippen molar-refractivity contribution in [3.8, 4) is 0 Å². The molecule has 1 aliphatic rings. The predicted molar refractivity (Wildman–Crippen MR) is 102 cm³/mol. The average Bonchev–Trinajstić information content (AvgIpc) is 2.59. The Labute approximate surface area is 154 Å². The molecule has 0 saturated carbocycles. The first-order chi connectivity index (χ1) is 12.4. The van der Waals surface area contributed by atoms with Crippen molar-refractivity contribution in [3.05, 3.63) is 29.8 Å². The SMILES string of the molecule is CN=C(NCCOCCS(C)(=O)=O)NCC1CC(=O)Nc2ccccc21. The smallest absolute Gasteiger partial charge is 0.225 e. The summed E-state index contributed by atoms with van der Waals surface area (Å²) in [5.74, 6) is 0.714. The Morgan fingerprint density at radius 1 is 1.31 bits per heavy atom. The van der Waals surface area contributed by atoms with Crippen LogP contribution in [-0.2, 0) is 19.4 Å². The van der Waals surface area contributed by atoms with Gasteiger partial charge in [-0.1, -0.05) is 18.2 Å². The van der Waals surface area contributed by atoms with Crippen LogP contribution in [0.25, 0.3) is 0 Å². The molecule has 2 rings (SSSR count). The molecular weight excluding hydrogens is 356 g/mol. The van der Waals surface area contributed by atoms with Gasteiger partial charge in [-0.2, -0.15) is 0 Å². The number of carbonyl (C=O) groups excluding carboxylic acids is 1. The summed E-state index contributed by atoms with van der Waals surface area (Å²) in [5, 5.41) is 9.21. The lowest BCUT2D eigenvalue weighted by Crippen LogP contribution is -2.41. The minimum atomic E-state index is -3.00. The molecule has 1 amide bonds. The molecule has 1 unspecified atom stereocenters. The molecule has 0 aromatic heterocycles. The molecular formula is C17H26N4O4S. The van der Waals surface area contributed by atoms with E-state index in [0.717, 1.165) is 11.3 Å². The molecule has 0 radical (unpaired) electrons. The first kappa shape index (κ1) is 20.2. The van der Waals surface area contributed by atoms with Gasteiger partial charge in [0.25, 0.3) is 0 Å². The molecule has 1 heterocycles. The zero-order chi connectivity index (χ0) is 19.0. The quantitative estimate of drug-likeness (QED) is 0.340. The van der Waals surface area contributed by atoms with E-state index >= 15 is 0 Å². The summed E-state index contributed by atoms with van der Waals surface area (Å²) < 4.78 is 27.3. The number of fused-ring (bicyclic) bond motifs is 1. The Morgan fingerprint density at radius 2 is 2.08 bits per heavy atom. The Balaban J connectivity index is 1.75. The van der Waals surface area contributed by atoms with Gasteiger partial charge in [-0.05, 0) is 11.6 Å². The highest BCUT2D eigenvalue weighted by atomic mass is 32.2. The molecule has 1 atom stereocenters. The second-order valence-corrected chi connectivity index (χ2v) is 8.42. The summed E-state index contributed by atoms with van der Waals surface area (Å²) in [6, 6.07) is 7.79. The lowest BCUT2D eigenvalue weighted by Gasteiger charge is -2.26. The van der Waals surface area contributed by atoms with Crippen LogP contribution in [0.4, 0.5) is 5.69 Å². The van der Waals surface area contributed by atoms with Crippen molar-refractivity contribution in [2.75, 3.05) is 50.7 Å². The van der Waals surface area contributed by atoms with Gasteiger partial charge in [-0.15, -0.1) is 0 Å². The van der Waals surface area contributed by atoms with Gasteiger partial charge >= 0.3 is 0 Å². The van der Waals surface area contributed by atoms with E-state index in [-0.39, 0.29) is 24.2 Å². The second-order valence-electron chi connectivity index (χ2n) is 6.16. The standard InChI is InChI=1S/C17H26N4O4S/c1-18-17(19-7-8-25-9-10-26(2,23)24)20-12-13-11-16(22)21-15-6-4-3-5-14(13)15/h3-6,13H,7-12H2,1-2H3,(H,21,22)(H2,18,19,20). The van der Waals surface area contributed by atoms with E-state index in [1.54, 1.807) is 7.05 Å². The van der Waals surface area contributed by atoms with Crippen LogP contribution in [0.1, 0.15) is 17.9 Å². The Hall–Kier alpha value is -2.13. The van der Waals surface area contributed by atoms with Gasteiger partial charge in [0.1, 0.15) is 9.84 Å². The zero-order valence-electron chi connectivity index (χ0n) is 15.1. The van der Waals surface area contributed by atoms with Crippen molar-refractivity contribution in [3.63, 3.8) is 0 Å². The lowest BCUT2D eigenvalue weighted by atomic mass is 9.90. The van der Waals surface area contributed by atoms with Crippen LogP contribution >= 0.6 is 0 Å². The number of amides is 1. The monoisotopic (exact) mass is 382 g/mol. The molecule has 0 saturated heterocycles. The highest BCUT2D eigenvalue weighted by Crippen LogP contribution is 2.31. The molecule has 0 bridgehead atoms. The van der Waals surface area contributed by atoms with Gasteiger partial charge < -0.3 is 20.7 Å². The number of nitrogens with one attached hydrogen (secondary N) is 3. The second kappa shape index (κ2) is 9.54. The summed E-state index contributed by atoms with van der Waals surface area (Å²) in [6.45, 7) is 1.65. The Bertz CT molecular complexity index is 749. The lowest BCUT2D eigenvalue weighted by molar-refractivity contribution is -0.116. The van der Waals surface area contributed by atoms with Gasteiger partial charge in [0, 0.05) is 44.4 Å². The van der Waals surface area contributed by atoms with Crippen molar-refractivity contribution < 1.29 is 17.9 Å². The highest BCUT2D eigenvalue weighted by molar-refractivity contribution is 7.90. The summed E-state index contributed by atoms with van der Waals surface area (Å²) in [5.41, 5.74) is 1.97. The number of anilines is 1. The van der Waals surface area contributed by atoms with E-state index in [9.17, 15) is 13.2 Å². The predicted octanol–water partition coefficient (Wildman–Crippen LogP) is 0.339. The van der Waals surface area contributed by atoms with E-state index in [0.29, 0.717) is 32.1 Å². The topological polar surface area (TPSA) is 109 Å². The number of sulfone groups is 1. The van der Waals surface area contributed by atoms with Crippen LogP contribution in [-0.4, -0.2) is 65.6 Å². The van der Waals surface area contributed by atoms with E-state index < -0.39 is 9.84 Å². The number of aliphatic imine (C=N–C) groups is 1. The van der Waals surface area contributed by atoms with E-state index in [1.807, 2.05) is 24.3 Å². The number of ether oxygens (including phenoxy) is 1. The van der Waals surface area contributed by atoms with Crippen LogP contribution in [0.5, 0.6) is 0 Å². The molecule has 144 valence electrons. The maximum atomic E-state index is 11.8. The minimum Gasteiger partial charge on any atom is -0.379 e. The maximum absolute atomic E-state index is 11.8. The maximum Gasteiger partial charge on any atom is 0.225 e. The summed E-state index contributed by atoms with van der Waals surface area (Å²) in [4.78, 5) is 16.0. The minimum absolute atomic E-state index is 0.0118. The van der Waals surface area contributed by atoms with Gasteiger partial charge in [-0.25, -0.2) is 8.42 Å². The molecule has 3 N–H and O–H groups in total. The molecule has 1 aromatic rings. The summed E-state index contributed by atoms with van der Waals surface area (Å²) in [7, 11) is -1.33. The van der Waals surface area contributed by atoms with E-state index in [4.69, 9.17) is 4.74 Å². The van der Waals surface area contributed by atoms with Crippen LogP contribution < -0.4 is 16.0 Å². The number of hydrogen-bond acceptors (Lipinski definition) is 5. The normalized spacial score (nSPS) is 17.4. The third kappa shape index (κ3) is 6.64. The van der Waals surface area contributed by atoms with Crippen molar-refractivity contribution >= 4 is 27.4 Å². The fourth-order valence-corrected chi connectivity index (χ4v) is 3.10. The van der Waals surface area contributed by atoms with E-state index in [2.05, 4.69) is 20.9 Å². The van der Waals surface area contributed by atoms with Crippen molar-refractivity contribution in [1.82, 2.24) is 10.6 Å². The molecule has 1 aliphatic heterocycles. The van der Waals surface area contributed by atoms with Gasteiger partial charge in [0.05, 0.1) is 19.0 Å². The van der Waals surface area contributed by atoms with Crippen molar-refractivity contribution in [2.45, 2.75) is 12.3 Å². The fraction of sp³-hybridized carbons (Fsp3) is 0.529. The number of para-hydroxylation sites is 1. The molecule has 8 nitrogen and oxygen atoms in total. The highest BCUT2D eigenvalue weighted by Gasteiger charge is 2.24. The van der Waals surface area contributed by atoms with Crippen LogP contribution in [0.3, 0.4) is 0 Å². The summed E-state index contributed by atoms with van der Waals surface area (Å²) in [6.07, 6.45) is 1.61. The third-order valence-electron chi connectivity index (χ3n) is 3.98. The number of nitrogens with zero attached hydrogens (tertiary/aromatic N) is 1. The molecule has 9 heteroatoms. The largest absolute Gasteiger partial charge is 0.379 e. The van der Waals surface area contributed by atoms with Gasteiger partial charge in [0.2, 0.25) is 5.91 Å². The molecule has 1 aromatic carbocycles. The first-order valence-corrected chi connectivity index (χ1v) is 10.5. The van der Waals surface area contributed by atoms with Crippen molar-refractivity contribution in [2.24, 2.45) is 4.99 Å². The Morgan fingerprint density at radius 3 is 2.81 bits per heavy atom. The molecule has 0 spiro atoms. The zero-order valence-corrected chi connectivity index (χ0v) is 15.9. The van der Waals surface area contributed by atoms with Crippen LogP contribution in [0, 0.1) is 0 Å². The van der Waals surface area contributed by atoms with Crippen molar-refractivity contribution in [1.29, 1.82) is 0 Å². The number of carbonyl (C=O) groups is 1. The third-order valence-corrected chi connectivity index (χ3v) is 4.89. The number of benzene rings is 1. The number of rotatable bonds is 8. The van der Waals surface area contributed by atoms with Crippen LogP contribution in [0.15, 0.2) is 29.3 Å². The molecule has 0 aliphatic carbocycles. The average molecular weight is 382 g/mol. The number of hydrogen-bond donors (Lipinski definition) is 3. The molecule has 0 fully saturated rings.